The summed E-state index contributed by atoms with van der Waals surface area (Å²) in [4.78, 5) is 26.9. The van der Waals surface area contributed by atoms with Crippen molar-refractivity contribution in [1.29, 1.82) is 0 Å². The van der Waals surface area contributed by atoms with Crippen LogP contribution in [0, 0.1) is 0 Å². The molecule has 2 heterocycles. The largest absolute Gasteiger partial charge is 0.325 e. The van der Waals surface area contributed by atoms with E-state index in [2.05, 4.69) is 20.9 Å². The summed E-state index contributed by atoms with van der Waals surface area (Å²) >= 11 is 0. The van der Waals surface area contributed by atoms with Gasteiger partial charge in [-0.25, -0.2) is 0 Å². The van der Waals surface area contributed by atoms with Crippen molar-refractivity contribution in [1.82, 2.24) is 10.2 Å². The van der Waals surface area contributed by atoms with Crippen molar-refractivity contribution in [3.8, 4) is 0 Å². The van der Waals surface area contributed by atoms with Gasteiger partial charge < -0.3 is 16.0 Å². The molecule has 3 rings (SSSR count). The lowest BCUT2D eigenvalue weighted by atomic mass is 10.0. The minimum atomic E-state index is -0.120. The Morgan fingerprint density at radius 2 is 1.64 bits per heavy atom. The molecule has 0 bridgehead atoms. The van der Waals surface area contributed by atoms with Gasteiger partial charge in [0.05, 0.1) is 12.6 Å². The van der Waals surface area contributed by atoms with Crippen LogP contribution in [0.4, 0.5) is 11.4 Å². The zero-order valence-corrected chi connectivity index (χ0v) is 17.9. The predicted octanol–water partition coefficient (Wildman–Crippen LogP) is 3.43. The summed E-state index contributed by atoms with van der Waals surface area (Å²) in [6.45, 7) is 3.32. The number of anilines is 2. The molecule has 8 heteroatoms. The molecule has 0 saturated carbocycles. The van der Waals surface area contributed by atoms with Crippen LogP contribution < -0.4 is 16.0 Å². The maximum absolute atomic E-state index is 12.3. The Kier molecular flexibility index (Phi) is 11.5. The number of benzene rings is 1. The number of nitrogens with zero attached hydrogens (tertiary/aromatic N) is 1. The molecule has 2 amide bonds. The highest BCUT2D eigenvalue weighted by Gasteiger charge is 2.20. The van der Waals surface area contributed by atoms with Crippen molar-refractivity contribution in [2.24, 2.45) is 0 Å². The maximum Gasteiger partial charge on any atom is 0.241 e. The van der Waals surface area contributed by atoms with Crippen molar-refractivity contribution in [2.45, 2.75) is 51.0 Å². The van der Waals surface area contributed by atoms with Gasteiger partial charge in [0.2, 0.25) is 11.8 Å². The van der Waals surface area contributed by atoms with E-state index in [4.69, 9.17) is 0 Å². The molecular weight excluding hydrogens is 399 g/mol. The van der Waals surface area contributed by atoms with Crippen LogP contribution in [0.3, 0.4) is 0 Å². The number of rotatable bonds is 5. The van der Waals surface area contributed by atoms with Gasteiger partial charge in [0.15, 0.2) is 0 Å². The second-order valence-electron chi connectivity index (χ2n) is 7.31. The minimum absolute atomic E-state index is 0. The number of halogens is 2. The van der Waals surface area contributed by atoms with Crippen molar-refractivity contribution in [3.05, 3.63) is 24.3 Å². The number of amides is 2. The smallest absolute Gasteiger partial charge is 0.241 e. The lowest BCUT2D eigenvalue weighted by Crippen LogP contribution is -2.43. The summed E-state index contributed by atoms with van der Waals surface area (Å²) < 4.78 is 0. The molecule has 0 aliphatic carbocycles. The van der Waals surface area contributed by atoms with E-state index < -0.39 is 0 Å². The van der Waals surface area contributed by atoms with E-state index in [-0.39, 0.29) is 42.7 Å². The predicted molar refractivity (Wildman–Crippen MR) is 119 cm³/mol. The third kappa shape index (κ3) is 7.95. The molecule has 28 heavy (non-hydrogen) atoms. The van der Waals surface area contributed by atoms with Gasteiger partial charge in [0.1, 0.15) is 0 Å². The van der Waals surface area contributed by atoms with Gasteiger partial charge in [0, 0.05) is 11.4 Å². The fourth-order valence-corrected chi connectivity index (χ4v) is 3.68. The molecule has 2 saturated heterocycles. The molecule has 2 aliphatic rings. The summed E-state index contributed by atoms with van der Waals surface area (Å²) in [6.07, 6.45) is 7.94. The van der Waals surface area contributed by atoms with Crippen LogP contribution in [-0.2, 0) is 9.59 Å². The van der Waals surface area contributed by atoms with Crippen LogP contribution in [0.5, 0.6) is 0 Å². The summed E-state index contributed by atoms with van der Waals surface area (Å²) in [5, 5.41) is 9.16. The zero-order valence-electron chi connectivity index (χ0n) is 16.2. The van der Waals surface area contributed by atoms with Crippen molar-refractivity contribution >= 4 is 48.0 Å². The lowest BCUT2D eigenvalue weighted by molar-refractivity contribution is -0.119. The van der Waals surface area contributed by atoms with Gasteiger partial charge in [-0.3, -0.25) is 14.5 Å². The van der Waals surface area contributed by atoms with E-state index in [9.17, 15) is 9.59 Å². The average molecular weight is 431 g/mol. The molecule has 3 N–H and O–H groups in total. The Balaban J connectivity index is 0.00000196. The Hall–Kier alpha value is -1.34. The molecule has 0 radical (unpaired) electrons. The zero-order chi connectivity index (χ0) is 18.2. The Morgan fingerprint density at radius 3 is 2.29 bits per heavy atom. The first-order valence-corrected chi connectivity index (χ1v) is 9.87. The fraction of sp³-hybridized carbons (Fsp3) is 0.600. The third-order valence-electron chi connectivity index (χ3n) is 5.11. The molecular formula is C20H32Cl2N4O2. The molecule has 1 aromatic carbocycles. The summed E-state index contributed by atoms with van der Waals surface area (Å²) in [6, 6.07) is 7.26. The lowest BCUT2D eigenvalue weighted by Gasteiger charge is -2.22. The van der Waals surface area contributed by atoms with E-state index in [1.165, 1.54) is 25.7 Å². The van der Waals surface area contributed by atoms with Crippen molar-refractivity contribution in [3.63, 3.8) is 0 Å². The van der Waals surface area contributed by atoms with E-state index in [0.29, 0.717) is 6.54 Å². The molecule has 1 aromatic rings. The third-order valence-corrected chi connectivity index (χ3v) is 5.11. The molecule has 0 spiro atoms. The van der Waals surface area contributed by atoms with Crippen LogP contribution >= 0.6 is 24.8 Å². The summed E-state index contributed by atoms with van der Waals surface area (Å²) in [5.74, 6) is 0.00191. The first-order chi connectivity index (χ1) is 12.7. The fourth-order valence-electron chi connectivity index (χ4n) is 3.68. The number of hydrogen-bond donors (Lipinski definition) is 3. The number of likely N-dealkylation sites (tertiary alicyclic amines) is 1. The normalized spacial score (nSPS) is 20.1. The Bertz CT molecular complexity index is 616. The van der Waals surface area contributed by atoms with Crippen LogP contribution in [-0.4, -0.2) is 48.9 Å². The first kappa shape index (κ1) is 24.7. The van der Waals surface area contributed by atoms with Crippen molar-refractivity contribution < 1.29 is 9.59 Å². The van der Waals surface area contributed by atoms with Crippen molar-refractivity contribution in [2.75, 3.05) is 36.8 Å². The highest BCUT2D eigenvalue weighted by atomic mass is 35.5. The highest BCUT2D eigenvalue weighted by Crippen LogP contribution is 2.17. The second kappa shape index (κ2) is 13.0. The van der Waals surface area contributed by atoms with E-state index in [0.717, 1.165) is 50.3 Å². The number of hydrogen-bond acceptors (Lipinski definition) is 4. The summed E-state index contributed by atoms with van der Waals surface area (Å²) in [5.41, 5.74) is 1.44. The van der Waals surface area contributed by atoms with Gasteiger partial charge in [-0.2, -0.15) is 0 Å². The van der Waals surface area contributed by atoms with Gasteiger partial charge in [-0.15, -0.1) is 24.8 Å². The molecule has 0 aromatic heterocycles. The second-order valence-corrected chi connectivity index (χ2v) is 7.31. The number of piperidine rings is 1. The SMILES string of the molecule is Cl.Cl.O=C(CN1CCCCCC1)Nc1cccc(NC(=O)[C@H]2CCCCN2)c1. The number of carbonyl (C=O) groups excluding carboxylic acids is 2. The van der Waals surface area contributed by atoms with Crippen LogP contribution in [0.15, 0.2) is 24.3 Å². The van der Waals surface area contributed by atoms with Gasteiger partial charge in [-0.05, 0) is 63.5 Å². The molecule has 158 valence electrons. The average Bonchev–Trinajstić information content (AvgIpc) is 2.91. The monoisotopic (exact) mass is 430 g/mol. The maximum atomic E-state index is 12.3. The Morgan fingerprint density at radius 1 is 0.964 bits per heavy atom. The van der Waals surface area contributed by atoms with E-state index in [1.54, 1.807) is 0 Å². The van der Waals surface area contributed by atoms with E-state index >= 15 is 0 Å². The minimum Gasteiger partial charge on any atom is -0.325 e. The topological polar surface area (TPSA) is 73.5 Å². The Labute approximate surface area is 180 Å². The standard InChI is InChI=1S/C20H30N4O2.2ClH/c25-19(15-24-12-5-1-2-6-13-24)22-16-8-7-9-17(14-16)23-20(26)18-10-3-4-11-21-18;;/h7-9,14,18,21H,1-6,10-13,15H2,(H,22,25)(H,23,26);2*1H/t18-;;/m1../s1. The summed E-state index contributed by atoms with van der Waals surface area (Å²) in [7, 11) is 0. The van der Waals surface area contributed by atoms with Crippen LogP contribution in [0.2, 0.25) is 0 Å². The first-order valence-electron chi connectivity index (χ1n) is 9.87. The molecule has 2 aliphatic heterocycles. The van der Waals surface area contributed by atoms with Gasteiger partial charge in [-0.1, -0.05) is 25.3 Å². The van der Waals surface area contributed by atoms with Crippen LogP contribution in [0.1, 0.15) is 44.9 Å². The van der Waals surface area contributed by atoms with Gasteiger partial charge in [0.25, 0.3) is 0 Å². The molecule has 2 fully saturated rings. The highest BCUT2D eigenvalue weighted by molar-refractivity contribution is 5.96. The molecule has 0 unspecified atom stereocenters. The number of nitrogens with one attached hydrogen (secondary N) is 3. The van der Waals surface area contributed by atoms with Crippen LogP contribution in [0.25, 0.3) is 0 Å². The molecule has 1 atom stereocenters. The quantitative estimate of drug-likeness (QED) is 0.668. The van der Waals surface area contributed by atoms with E-state index in [1.807, 2.05) is 24.3 Å². The number of carbonyl (C=O) groups is 2. The molecule has 6 nitrogen and oxygen atoms in total. The van der Waals surface area contributed by atoms with Gasteiger partial charge >= 0.3 is 0 Å².